The number of aliphatic hydroxyl groups excluding tert-OH is 1. The number of likely N-dealkylation sites (tertiary alicyclic amines) is 1. The third-order valence-corrected chi connectivity index (χ3v) is 4.74. The first-order valence-corrected chi connectivity index (χ1v) is 7.82. The summed E-state index contributed by atoms with van der Waals surface area (Å²) in [6, 6.07) is 3.59. The standard InChI is InChI=1S/C13H17ClF2N2O2S/c14-11-2-1-10(21-11)5-17-12(20)7-18-4-3-13(15,16)9(6-18)8-19/h1-2,9,19H,3-8H2,(H,17,20)/t9-/m1/s1. The first kappa shape index (κ1) is 16.6. The zero-order valence-electron chi connectivity index (χ0n) is 11.3. The molecule has 0 radical (unpaired) electrons. The van der Waals surface area contributed by atoms with E-state index in [0.717, 1.165) is 4.88 Å². The number of aliphatic hydroxyl groups is 1. The van der Waals surface area contributed by atoms with Gasteiger partial charge in [0.2, 0.25) is 5.91 Å². The number of thiophene rings is 1. The smallest absolute Gasteiger partial charge is 0.255 e. The Bertz CT molecular complexity index is 498. The van der Waals surface area contributed by atoms with Crippen LogP contribution < -0.4 is 5.32 Å². The number of hydrogen-bond acceptors (Lipinski definition) is 4. The van der Waals surface area contributed by atoms with Gasteiger partial charge in [-0.1, -0.05) is 11.6 Å². The topological polar surface area (TPSA) is 52.6 Å². The maximum atomic E-state index is 13.5. The minimum absolute atomic E-state index is 0.0295. The molecular formula is C13H17ClF2N2O2S. The first-order chi connectivity index (χ1) is 9.90. The number of amides is 1. The highest BCUT2D eigenvalue weighted by molar-refractivity contribution is 7.16. The maximum absolute atomic E-state index is 13.5. The third-order valence-electron chi connectivity index (χ3n) is 3.51. The summed E-state index contributed by atoms with van der Waals surface area (Å²) in [7, 11) is 0. The van der Waals surface area contributed by atoms with Crippen LogP contribution in [-0.4, -0.2) is 48.1 Å². The summed E-state index contributed by atoms with van der Waals surface area (Å²) in [5, 5.41) is 11.7. The number of alkyl halides is 2. The van der Waals surface area contributed by atoms with Gasteiger partial charge in [0.15, 0.2) is 0 Å². The minimum Gasteiger partial charge on any atom is -0.396 e. The second-order valence-electron chi connectivity index (χ2n) is 5.11. The van der Waals surface area contributed by atoms with Gasteiger partial charge >= 0.3 is 0 Å². The lowest BCUT2D eigenvalue weighted by atomic mass is 9.94. The van der Waals surface area contributed by atoms with E-state index in [9.17, 15) is 13.6 Å². The van der Waals surface area contributed by atoms with Crippen LogP contribution in [0.5, 0.6) is 0 Å². The SMILES string of the molecule is O=C(CN1CCC(F)(F)[C@@H](CO)C1)NCc1ccc(Cl)s1. The maximum Gasteiger partial charge on any atom is 0.255 e. The molecule has 1 atom stereocenters. The quantitative estimate of drug-likeness (QED) is 0.863. The Hall–Kier alpha value is -0.760. The average Bonchev–Trinajstić information content (AvgIpc) is 2.84. The number of hydrogen-bond donors (Lipinski definition) is 2. The summed E-state index contributed by atoms with van der Waals surface area (Å²) in [5.41, 5.74) is 0. The van der Waals surface area contributed by atoms with Gasteiger partial charge in [-0.25, -0.2) is 8.78 Å². The van der Waals surface area contributed by atoms with Crippen molar-refractivity contribution in [2.75, 3.05) is 26.2 Å². The van der Waals surface area contributed by atoms with Gasteiger partial charge in [-0.2, -0.15) is 0 Å². The van der Waals surface area contributed by atoms with E-state index in [1.807, 2.05) is 6.07 Å². The highest BCUT2D eigenvalue weighted by atomic mass is 35.5. The molecule has 1 aromatic heterocycles. The number of rotatable bonds is 5. The van der Waals surface area contributed by atoms with E-state index in [2.05, 4.69) is 5.32 Å². The molecule has 8 heteroatoms. The second kappa shape index (κ2) is 7.00. The summed E-state index contributed by atoms with van der Waals surface area (Å²) >= 11 is 7.18. The van der Waals surface area contributed by atoms with Crippen LogP contribution >= 0.6 is 22.9 Å². The van der Waals surface area contributed by atoms with Crippen molar-refractivity contribution in [2.45, 2.75) is 18.9 Å². The van der Waals surface area contributed by atoms with Crippen molar-refractivity contribution in [3.8, 4) is 0 Å². The van der Waals surface area contributed by atoms with E-state index < -0.39 is 18.4 Å². The first-order valence-electron chi connectivity index (χ1n) is 6.62. The largest absolute Gasteiger partial charge is 0.396 e. The van der Waals surface area contributed by atoms with Crippen molar-refractivity contribution in [1.82, 2.24) is 10.2 Å². The molecule has 1 aliphatic rings. The van der Waals surface area contributed by atoms with Crippen LogP contribution in [-0.2, 0) is 11.3 Å². The molecule has 21 heavy (non-hydrogen) atoms. The second-order valence-corrected chi connectivity index (χ2v) is 6.91. The fourth-order valence-electron chi connectivity index (χ4n) is 2.27. The molecule has 0 aromatic carbocycles. The molecule has 1 aromatic rings. The van der Waals surface area contributed by atoms with Crippen molar-refractivity contribution in [3.05, 3.63) is 21.3 Å². The number of halogens is 3. The lowest BCUT2D eigenvalue weighted by Crippen LogP contribution is -2.51. The minimum atomic E-state index is -2.85. The molecule has 2 heterocycles. The fraction of sp³-hybridized carbons (Fsp3) is 0.615. The average molecular weight is 339 g/mol. The highest BCUT2D eigenvalue weighted by Gasteiger charge is 2.43. The molecule has 0 unspecified atom stereocenters. The summed E-state index contributed by atoms with van der Waals surface area (Å²) in [6.07, 6.45) is -0.327. The molecule has 2 N–H and O–H groups in total. The van der Waals surface area contributed by atoms with E-state index in [4.69, 9.17) is 16.7 Å². The Kier molecular flexibility index (Phi) is 5.54. The normalized spacial score (nSPS) is 22.2. The number of nitrogens with zero attached hydrogens (tertiary/aromatic N) is 1. The molecule has 0 bridgehead atoms. The van der Waals surface area contributed by atoms with Crippen molar-refractivity contribution in [3.63, 3.8) is 0 Å². The van der Waals surface area contributed by atoms with Gasteiger partial charge in [-0.15, -0.1) is 11.3 Å². The van der Waals surface area contributed by atoms with Crippen LogP contribution in [0.4, 0.5) is 8.78 Å². The Morgan fingerprint density at radius 2 is 2.33 bits per heavy atom. The molecule has 1 aliphatic heterocycles. The third kappa shape index (κ3) is 4.60. The number of carbonyl (C=O) groups is 1. The predicted octanol–water partition coefficient (Wildman–Crippen LogP) is 1.97. The zero-order valence-corrected chi connectivity index (χ0v) is 12.9. The fourth-order valence-corrected chi connectivity index (χ4v) is 3.30. The lowest BCUT2D eigenvalue weighted by molar-refractivity contribution is -0.133. The van der Waals surface area contributed by atoms with Gasteiger partial charge in [0.25, 0.3) is 5.92 Å². The summed E-state index contributed by atoms with van der Waals surface area (Å²) < 4.78 is 27.6. The molecule has 1 amide bonds. The van der Waals surface area contributed by atoms with Crippen LogP contribution in [0.2, 0.25) is 4.34 Å². The Labute approximate surface area is 130 Å². The lowest BCUT2D eigenvalue weighted by Gasteiger charge is -2.37. The molecule has 0 saturated carbocycles. The van der Waals surface area contributed by atoms with Gasteiger partial charge in [-0.3, -0.25) is 9.69 Å². The van der Waals surface area contributed by atoms with Crippen molar-refractivity contribution in [1.29, 1.82) is 0 Å². The molecule has 118 valence electrons. The Morgan fingerprint density at radius 1 is 1.57 bits per heavy atom. The van der Waals surface area contributed by atoms with Crippen LogP contribution in [0.1, 0.15) is 11.3 Å². The number of piperidine rings is 1. The van der Waals surface area contributed by atoms with Gasteiger partial charge in [-0.05, 0) is 12.1 Å². The molecule has 0 aliphatic carbocycles. The summed E-state index contributed by atoms with van der Waals surface area (Å²) in [5.74, 6) is -4.17. The van der Waals surface area contributed by atoms with Crippen molar-refractivity contribution >= 4 is 28.8 Å². The molecule has 1 fully saturated rings. The molecule has 4 nitrogen and oxygen atoms in total. The number of nitrogens with one attached hydrogen (secondary N) is 1. The van der Waals surface area contributed by atoms with Gasteiger partial charge in [0.05, 0.1) is 30.0 Å². The molecule has 1 saturated heterocycles. The van der Waals surface area contributed by atoms with Crippen LogP contribution in [0, 0.1) is 5.92 Å². The van der Waals surface area contributed by atoms with E-state index in [1.165, 1.54) is 11.3 Å². The van der Waals surface area contributed by atoms with Crippen LogP contribution in [0.3, 0.4) is 0 Å². The zero-order chi connectivity index (χ0) is 15.5. The van der Waals surface area contributed by atoms with Gasteiger partial charge in [0, 0.05) is 24.4 Å². The number of carbonyl (C=O) groups excluding carboxylic acids is 1. The van der Waals surface area contributed by atoms with Crippen molar-refractivity contribution in [2.24, 2.45) is 5.92 Å². The predicted molar refractivity (Wildman–Crippen MR) is 77.8 cm³/mol. The van der Waals surface area contributed by atoms with E-state index in [-0.39, 0.29) is 32.0 Å². The van der Waals surface area contributed by atoms with E-state index in [1.54, 1.807) is 11.0 Å². The monoisotopic (exact) mass is 338 g/mol. The van der Waals surface area contributed by atoms with Gasteiger partial charge in [0.1, 0.15) is 0 Å². The van der Waals surface area contributed by atoms with Crippen molar-refractivity contribution < 1.29 is 18.7 Å². The summed E-state index contributed by atoms with van der Waals surface area (Å²) in [4.78, 5) is 14.4. The molecule has 2 rings (SSSR count). The summed E-state index contributed by atoms with van der Waals surface area (Å²) in [6.45, 7) is 0.0532. The van der Waals surface area contributed by atoms with E-state index in [0.29, 0.717) is 10.9 Å². The molecular weight excluding hydrogens is 322 g/mol. The Morgan fingerprint density at radius 3 is 2.95 bits per heavy atom. The Balaban J connectivity index is 1.78. The van der Waals surface area contributed by atoms with Gasteiger partial charge < -0.3 is 10.4 Å². The van der Waals surface area contributed by atoms with E-state index >= 15 is 0 Å². The van der Waals surface area contributed by atoms with Crippen LogP contribution in [0.15, 0.2) is 12.1 Å². The highest BCUT2D eigenvalue weighted by Crippen LogP contribution is 2.32. The van der Waals surface area contributed by atoms with Crippen LogP contribution in [0.25, 0.3) is 0 Å². The molecule has 0 spiro atoms.